The van der Waals surface area contributed by atoms with E-state index in [0.717, 1.165) is 11.5 Å². The van der Waals surface area contributed by atoms with Crippen LogP contribution in [0.15, 0.2) is 73.4 Å². The van der Waals surface area contributed by atoms with Crippen LogP contribution in [-0.4, -0.2) is 5.84 Å². The van der Waals surface area contributed by atoms with Gasteiger partial charge in [0.15, 0.2) is 11.6 Å². The van der Waals surface area contributed by atoms with Crippen LogP contribution in [0.3, 0.4) is 0 Å². The Labute approximate surface area is 114 Å². The van der Waals surface area contributed by atoms with Crippen LogP contribution in [0.2, 0.25) is 0 Å². The third kappa shape index (κ3) is 1.75. The lowest BCUT2D eigenvalue weighted by molar-refractivity contribution is 0.381. The van der Waals surface area contributed by atoms with E-state index < -0.39 is 0 Å². The maximum absolute atomic E-state index is 5.50. The number of furan rings is 3. The van der Waals surface area contributed by atoms with Gasteiger partial charge in [0.2, 0.25) is 0 Å². The molecule has 1 N–H and O–H groups in total. The van der Waals surface area contributed by atoms with Crippen molar-refractivity contribution in [3.8, 4) is 0 Å². The van der Waals surface area contributed by atoms with Crippen LogP contribution in [0.25, 0.3) is 0 Å². The van der Waals surface area contributed by atoms with Crippen LogP contribution < -0.4 is 5.32 Å². The summed E-state index contributed by atoms with van der Waals surface area (Å²) in [5, 5.41) is 3.34. The third-order valence-corrected chi connectivity index (χ3v) is 3.32. The molecule has 4 rings (SSSR count). The zero-order valence-corrected chi connectivity index (χ0v) is 10.5. The summed E-state index contributed by atoms with van der Waals surface area (Å²) in [6.07, 6.45) is 4.93. The fourth-order valence-electron chi connectivity index (χ4n) is 2.41. The Kier molecular flexibility index (Phi) is 2.48. The molecule has 5 nitrogen and oxygen atoms in total. The fraction of sp³-hybridized carbons (Fsp3) is 0.133. The Morgan fingerprint density at radius 2 is 1.55 bits per heavy atom. The maximum Gasteiger partial charge on any atom is 0.168 e. The van der Waals surface area contributed by atoms with E-state index in [1.807, 2.05) is 36.4 Å². The molecule has 0 radical (unpaired) electrons. The van der Waals surface area contributed by atoms with Gasteiger partial charge < -0.3 is 18.6 Å². The quantitative estimate of drug-likeness (QED) is 0.791. The highest BCUT2D eigenvalue weighted by atomic mass is 16.3. The van der Waals surface area contributed by atoms with Crippen molar-refractivity contribution >= 4 is 5.84 Å². The molecule has 0 aromatic carbocycles. The van der Waals surface area contributed by atoms with Crippen molar-refractivity contribution in [1.29, 1.82) is 0 Å². The van der Waals surface area contributed by atoms with E-state index in [-0.39, 0.29) is 12.1 Å². The molecule has 2 atom stereocenters. The van der Waals surface area contributed by atoms with E-state index in [2.05, 4.69) is 10.3 Å². The van der Waals surface area contributed by atoms with E-state index in [1.165, 1.54) is 0 Å². The molecule has 0 saturated heterocycles. The van der Waals surface area contributed by atoms with Gasteiger partial charge in [-0.25, -0.2) is 0 Å². The second-order valence-electron chi connectivity index (χ2n) is 4.55. The highest BCUT2D eigenvalue weighted by Gasteiger charge is 2.36. The number of amidine groups is 1. The van der Waals surface area contributed by atoms with Gasteiger partial charge in [-0.1, -0.05) is 0 Å². The number of hydrogen-bond donors (Lipinski definition) is 1. The maximum atomic E-state index is 5.50. The SMILES string of the molecule is c1coc(C2=N[C@@H](c3ccco3)[C@@H](c3ccco3)N2)c1. The highest BCUT2D eigenvalue weighted by Crippen LogP contribution is 2.37. The summed E-state index contributed by atoms with van der Waals surface area (Å²) in [5.74, 6) is 3.02. The summed E-state index contributed by atoms with van der Waals surface area (Å²) >= 11 is 0. The molecule has 0 unspecified atom stereocenters. The fourth-order valence-corrected chi connectivity index (χ4v) is 2.41. The summed E-state index contributed by atoms with van der Waals surface area (Å²) in [6.45, 7) is 0. The Balaban J connectivity index is 1.74. The zero-order chi connectivity index (χ0) is 13.4. The van der Waals surface area contributed by atoms with Crippen LogP contribution in [0.1, 0.15) is 29.4 Å². The molecule has 5 heteroatoms. The highest BCUT2D eigenvalue weighted by molar-refractivity contribution is 5.98. The topological polar surface area (TPSA) is 63.8 Å². The van der Waals surface area contributed by atoms with Crippen molar-refractivity contribution in [3.63, 3.8) is 0 Å². The second kappa shape index (κ2) is 4.45. The summed E-state index contributed by atoms with van der Waals surface area (Å²) in [5.41, 5.74) is 0. The standard InChI is InChI=1S/C15H12N2O3/c1-4-10(18-7-1)13-14(11-5-2-8-19-11)17-15(16-13)12-6-3-9-20-12/h1-9,13-14H,(H,16,17)/t13-,14+. The minimum atomic E-state index is -0.170. The van der Waals surface area contributed by atoms with Gasteiger partial charge in [-0.3, -0.25) is 4.99 Å². The van der Waals surface area contributed by atoms with E-state index in [9.17, 15) is 0 Å². The predicted octanol–water partition coefficient (Wildman–Crippen LogP) is 3.30. The molecular weight excluding hydrogens is 256 g/mol. The Morgan fingerprint density at radius 1 is 0.850 bits per heavy atom. The predicted molar refractivity (Wildman–Crippen MR) is 71.3 cm³/mol. The first kappa shape index (κ1) is 11.2. The summed E-state index contributed by atoms with van der Waals surface area (Å²) < 4.78 is 16.4. The lowest BCUT2D eigenvalue weighted by Gasteiger charge is -2.14. The summed E-state index contributed by atoms with van der Waals surface area (Å²) in [4.78, 5) is 4.67. The molecule has 3 aromatic rings. The molecule has 0 bridgehead atoms. The normalized spacial score (nSPS) is 21.7. The second-order valence-corrected chi connectivity index (χ2v) is 4.55. The van der Waals surface area contributed by atoms with E-state index in [4.69, 9.17) is 13.3 Å². The van der Waals surface area contributed by atoms with Crippen molar-refractivity contribution in [3.05, 3.63) is 72.5 Å². The molecule has 1 aliphatic heterocycles. The van der Waals surface area contributed by atoms with Crippen molar-refractivity contribution in [2.75, 3.05) is 0 Å². The summed E-state index contributed by atoms with van der Waals surface area (Å²) in [7, 11) is 0. The number of nitrogens with one attached hydrogen (secondary N) is 1. The number of aliphatic imine (C=N–C) groups is 1. The molecule has 0 amide bonds. The molecule has 20 heavy (non-hydrogen) atoms. The van der Waals surface area contributed by atoms with Gasteiger partial charge in [-0.2, -0.15) is 0 Å². The number of hydrogen-bond acceptors (Lipinski definition) is 5. The average molecular weight is 268 g/mol. The van der Waals surface area contributed by atoms with Crippen LogP contribution in [0.4, 0.5) is 0 Å². The van der Waals surface area contributed by atoms with Gasteiger partial charge in [-0.15, -0.1) is 0 Å². The molecule has 100 valence electrons. The van der Waals surface area contributed by atoms with Crippen LogP contribution in [0, 0.1) is 0 Å². The average Bonchev–Trinajstić information content (AvgIpc) is 3.22. The van der Waals surface area contributed by atoms with Crippen LogP contribution in [-0.2, 0) is 0 Å². The van der Waals surface area contributed by atoms with E-state index in [1.54, 1.807) is 18.8 Å². The monoisotopic (exact) mass is 268 g/mol. The summed E-state index contributed by atoms with van der Waals surface area (Å²) in [6, 6.07) is 11.0. The largest absolute Gasteiger partial charge is 0.467 e. The van der Waals surface area contributed by atoms with Gasteiger partial charge in [-0.05, 0) is 36.4 Å². The smallest absolute Gasteiger partial charge is 0.168 e. The molecular formula is C15H12N2O3. The van der Waals surface area contributed by atoms with E-state index in [0.29, 0.717) is 11.6 Å². The number of nitrogens with zero attached hydrogens (tertiary/aromatic N) is 1. The molecule has 3 aromatic heterocycles. The van der Waals surface area contributed by atoms with E-state index >= 15 is 0 Å². The molecule has 0 aliphatic carbocycles. The molecule has 0 spiro atoms. The van der Waals surface area contributed by atoms with Gasteiger partial charge >= 0.3 is 0 Å². The Bertz CT molecular complexity index is 696. The first-order valence-corrected chi connectivity index (χ1v) is 6.37. The zero-order valence-electron chi connectivity index (χ0n) is 10.5. The van der Waals surface area contributed by atoms with Crippen molar-refractivity contribution in [2.45, 2.75) is 12.1 Å². The first-order valence-electron chi connectivity index (χ1n) is 6.37. The Hall–Kier alpha value is -2.69. The lowest BCUT2D eigenvalue weighted by atomic mass is 10.1. The molecule has 4 heterocycles. The lowest BCUT2D eigenvalue weighted by Crippen LogP contribution is -2.24. The third-order valence-electron chi connectivity index (χ3n) is 3.32. The van der Waals surface area contributed by atoms with Gasteiger partial charge in [0.25, 0.3) is 0 Å². The minimum absolute atomic E-state index is 0.101. The molecule has 1 aliphatic rings. The Morgan fingerprint density at radius 3 is 2.20 bits per heavy atom. The van der Waals surface area contributed by atoms with Crippen LogP contribution >= 0.6 is 0 Å². The van der Waals surface area contributed by atoms with Crippen molar-refractivity contribution in [2.24, 2.45) is 4.99 Å². The van der Waals surface area contributed by atoms with Gasteiger partial charge in [0.05, 0.1) is 18.8 Å². The number of rotatable bonds is 3. The molecule has 0 saturated carbocycles. The van der Waals surface area contributed by atoms with Crippen molar-refractivity contribution in [1.82, 2.24) is 5.32 Å². The minimum Gasteiger partial charge on any atom is -0.467 e. The van der Waals surface area contributed by atoms with Gasteiger partial charge in [0.1, 0.15) is 23.6 Å². The van der Waals surface area contributed by atoms with Crippen LogP contribution in [0.5, 0.6) is 0 Å². The van der Waals surface area contributed by atoms with Crippen molar-refractivity contribution < 1.29 is 13.3 Å². The first-order chi connectivity index (χ1) is 9.92. The van der Waals surface area contributed by atoms with Gasteiger partial charge in [0, 0.05) is 0 Å². The molecule has 0 fully saturated rings.